The number of aryl methyl sites for hydroxylation is 1. The lowest BCUT2D eigenvalue weighted by Gasteiger charge is -2.15. The maximum atomic E-state index is 12.1. The van der Waals surface area contributed by atoms with Gasteiger partial charge in [0.1, 0.15) is 0 Å². The Morgan fingerprint density at radius 1 is 1.47 bits per heavy atom. The van der Waals surface area contributed by atoms with Crippen LogP contribution in [0.15, 0.2) is 23.1 Å². The summed E-state index contributed by atoms with van der Waals surface area (Å²) in [6.07, 6.45) is 0.463. The van der Waals surface area contributed by atoms with Gasteiger partial charge in [0.15, 0.2) is 0 Å². The second kappa shape index (κ2) is 6.14. The van der Waals surface area contributed by atoms with Crippen molar-refractivity contribution in [3.05, 3.63) is 29.3 Å². The molecule has 4 N–H and O–H groups in total. The van der Waals surface area contributed by atoms with Gasteiger partial charge in [-0.3, -0.25) is 4.79 Å². The van der Waals surface area contributed by atoms with Gasteiger partial charge in [-0.1, -0.05) is 13.0 Å². The topological polar surface area (TPSA) is 109 Å². The number of aliphatic hydroxyl groups is 1. The smallest absolute Gasteiger partial charge is 0.249 e. The first-order valence-electron chi connectivity index (χ1n) is 5.85. The van der Waals surface area contributed by atoms with E-state index in [2.05, 4.69) is 4.72 Å². The predicted molar refractivity (Wildman–Crippen MR) is 71.2 cm³/mol. The van der Waals surface area contributed by atoms with Crippen LogP contribution in [0.2, 0.25) is 0 Å². The van der Waals surface area contributed by atoms with E-state index in [-0.39, 0.29) is 17.1 Å². The monoisotopic (exact) mass is 286 g/mol. The predicted octanol–water partition coefficient (Wildman–Crippen LogP) is 0.143. The zero-order valence-corrected chi connectivity index (χ0v) is 11.7. The molecule has 0 aromatic heterocycles. The van der Waals surface area contributed by atoms with Crippen molar-refractivity contribution in [2.75, 3.05) is 6.61 Å². The molecular weight excluding hydrogens is 268 g/mol. The fourth-order valence-corrected chi connectivity index (χ4v) is 2.91. The maximum Gasteiger partial charge on any atom is 0.249 e. The Morgan fingerprint density at radius 2 is 2.11 bits per heavy atom. The Kier molecular flexibility index (Phi) is 5.04. The van der Waals surface area contributed by atoms with Gasteiger partial charge in [0.05, 0.1) is 11.5 Å². The summed E-state index contributed by atoms with van der Waals surface area (Å²) in [7, 11) is -3.77. The van der Waals surface area contributed by atoms with Crippen molar-refractivity contribution in [3.8, 4) is 0 Å². The minimum Gasteiger partial charge on any atom is -0.395 e. The first-order chi connectivity index (χ1) is 8.81. The van der Waals surface area contributed by atoms with Gasteiger partial charge in [-0.2, -0.15) is 0 Å². The number of rotatable bonds is 6. The third kappa shape index (κ3) is 3.76. The molecule has 0 heterocycles. The number of hydrogen-bond acceptors (Lipinski definition) is 4. The molecule has 0 aliphatic carbocycles. The van der Waals surface area contributed by atoms with Crippen LogP contribution in [0.25, 0.3) is 0 Å². The lowest BCUT2D eigenvalue weighted by atomic mass is 10.1. The third-order valence-corrected chi connectivity index (χ3v) is 4.34. The molecule has 0 saturated heterocycles. The van der Waals surface area contributed by atoms with Crippen LogP contribution in [0.3, 0.4) is 0 Å². The highest BCUT2D eigenvalue weighted by Crippen LogP contribution is 2.15. The van der Waals surface area contributed by atoms with E-state index < -0.39 is 22.0 Å². The van der Waals surface area contributed by atoms with Crippen molar-refractivity contribution in [2.24, 2.45) is 5.73 Å². The molecule has 0 aliphatic rings. The van der Waals surface area contributed by atoms with Gasteiger partial charge in [0.2, 0.25) is 15.9 Å². The van der Waals surface area contributed by atoms with E-state index in [0.717, 1.165) is 0 Å². The number of carbonyl (C=O) groups excluding carboxylic acids is 1. The molecule has 6 nitrogen and oxygen atoms in total. The Balaban J connectivity index is 3.15. The molecule has 19 heavy (non-hydrogen) atoms. The first-order valence-corrected chi connectivity index (χ1v) is 7.33. The number of carbonyl (C=O) groups is 1. The van der Waals surface area contributed by atoms with E-state index in [1.54, 1.807) is 13.8 Å². The largest absolute Gasteiger partial charge is 0.395 e. The van der Waals surface area contributed by atoms with Gasteiger partial charge in [-0.25, -0.2) is 13.1 Å². The molecule has 0 unspecified atom stereocenters. The third-order valence-electron chi connectivity index (χ3n) is 2.82. The highest BCUT2D eigenvalue weighted by molar-refractivity contribution is 7.89. The summed E-state index contributed by atoms with van der Waals surface area (Å²) in [6, 6.07) is 3.61. The van der Waals surface area contributed by atoms with Crippen LogP contribution in [0.5, 0.6) is 0 Å². The SMILES string of the molecule is CC[C@@H](CO)NS(=O)(=O)c1ccc(C)c(C(N)=O)c1. The normalized spacial score (nSPS) is 13.2. The van der Waals surface area contributed by atoms with E-state index in [1.165, 1.54) is 18.2 Å². The number of hydrogen-bond donors (Lipinski definition) is 3. The van der Waals surface area contributed by atoms with Gasteiger partial charge in [-0.05, 0) is 31.0 Å². The second-order valence-electron chi connectivity index (χ2n) is 4.25. The Bertz CT molecular complexity index is 565. The summed E-state index contributed by atoms with van der Waals surface area (Å²) in [5.41, 5.74) is 5.96. The fraction of sp³-hybridized carbons (Fsp3) is 0.417. The number of aliphatic hydroxyl groups excluding tert-OH is 1. The number of nitrogens with one attached hydrogen (secondary N) is 1. The summed E-state index contributed by atoms with van der Waals surface area (Å²) in [5, 5.41) is 9.02. The van der Waals surface area contributed by atoms with Gasteiger partial charge in [0, 0.05) is 11.6 Å². The molecule has 1 amide bonds. The lowest BCUT2D eigenvalue weighted by molar-refractivity contribution is 0.0999. The maximum absolute atomic E-state index is 12.1. The average Bonchev–Trinajstić information content (AvgIpc) is 2.35. The number of nitrogens with two attached hydrogens (primary N) is 1. The van der Waals surface area contributed by atoms with E-state index in [1.807, 2.05) is 0 Å². The zero-order valence-electron chi connectivity index (χ0n) is 10.9. The number of amides is 1. The Morgan fingerprint density at radius 3 is 2.58 bits per heavy atom. The highest BCUT2D eigenvalue weighted by Gasteiger charge is 2.20. The van der Waals surface area contributed by atoms with Gasteiger partial charge >= 0.3 is 0 Å². The van der Waals surface area contributed by atoms with Crippen LogP contribution in [0, 0.1) is 6.92 Å². The quantitative estimate of drug-likeness (QED) is 0.691. The summed E-state index contributed by atoms with van der Waals surface area (Å²) in [5.74, 6) is -0.677. The second-order valence-corrected chi connectivity index (χ2v) is 5.96. The van der Waals surface area contributed by atoms with Gasteiger partial charge in [-0.15, -0.1) is 0 Å². The van der Waals surface area contributed by atoms with E-state index in [4.69, 9.17) is 10.8 Å². The van der Waals surface area contributed by atoms with Crippen LogP contribution < -0.4 is 10.5 Å². The van der Waals surface area contributed by atoms with Gasteiger partial charge < -0.3 is 10.8 Å². The molecule has 1 rings (SSSR count). The summed E-state index contributed by atoms with van der Waals surface area (Å²) in [6.45, 7) is 3.14. The molecule has 0 saturated carbocycles. The van der Waals surface area contributed by atoms with Crippen LogP contribution in [0.1, 0.15) is 29.3 Å². The summed E-state index contributed by atoms with van der Waals surface area (Å²) >= 11 is 0. The molecule has 0 fully saturated rings. The zero-order chi connectivity index (χ0) is 14.6. The number of sulfonamides is 1. The molecule has 0 bridgehead atoms. The van der Waals surface area contributed by atoms with Crippen LogP contribution in [0.4, 0.5) is 0 Å². The molecule has 0 spiro atoms. The van der Waals surface area contributed by atoms with Crippen molar-refractivity contribution in [1.29, 1.82) is 0 Å². The number of benzene rings is 1. The Labute approximate surface area is 112 Å². The van der Waals surface area contributed by atoms with Crippen molar-refractivity contribution in [2.45, 2.75) is 31.2 Å². The summed E-state index contributed by atoms with van der Waals surface area (Å²) < 4.78 is 26.5. The lowest BCUT2D eigenvalue weighted by Crippen LogP contribution is -2.37. The van der Waals surface area contributed by atoms with Crippen molar-refractivity contribution >= 4 is 15.9 Å². The highest BCUT2D eigenvalue weighted by atomic mass is 32.2. The Hall–Kier alpha value is -1.44. The molecule has 0 aliphatic heterocycles. The fourth-order valence-electron chi connectivity index (χ4n) is 1.57. The van der Waals surface area contributed by atoms with Gasteiger partial charge in [0.25, 0.3) is 0 Å². The van der Waals surface area contributed by atoms with E-state index >= 15 is 0 Å². The van der Waals surface area contributed by atoms with Crippen molar-refractivity contribution in [3.63, 3.8) is 0 Å². The minimum absolute atomic E-state index is 0.0428. The van der Waals surface area contributed by atoms with E-state index in [9.17, 15) is 13.2 Å². The van der Waals surface area contributed by atoms with Crippen molar-refractivity contribution in [1.82, 2.24) is 4.72 Å². The van der Waals surface area contributed by atoms with Crippen LogP contribution >= 0.6 is 0 Å². The molecule has 1 aromatic rings. The molecule has 1 aromatic carbocycles. The number of primary amides is 1. The van der Waals surface area contributed by atoms with Crippen LogP contribution in [-0.4, -0.2) is 32.1 Å². The standard InChI is InChI=1S/C12H18N2O4S/c1-3-9(7-15)14-19(17,18)10-5-4-8(2)11(6-10)12(13)16/h4-6,9,14-15H,3,7H2,1-2H3,(H2,13,16)/t9-/m0/s1. The molecular formula is C12H18N2O4S. The van der Waals surface area contributed by atoms with Crippen LogP contribution in [-0.2, 0) is 10.0 Å². The van der Waals surface area contributed by atoms with E-state index in [0.29, 0.717) is 12.0 Å². The minimum atomic E-state index is -3.77. The molecule has 7 heteroatoms. The first kappa shape index (κ1) is 15.6. The molecule has 106 valence electrons. The molecule has 0 radical (unpaired) electrons. The average molecular weight is 286 g/mol. The molecule has 1 atom stereocenters. The summed E-state index contributed by atoms with van der Waals surface area (Å²) in [4.78, 5) is 11.2. The van der Waals surface area contributed by atoms with Crippen molar-refractivity contribution < 1.29 is 18.3 Å².